The first-order valence-corrected chi connectivity index (χ1v) is 7.02. The lowest BCUT2D eigenvalue weighted by Crippen LogP contribution is -2.05. The number of nitrogens with one attached hydrogen (secondary N) is 2. The Hall–Kier alpha value is -2.89. The fourth-order valence-corrected chi connectivity index (χ4v) is 2.05. The molecule has 0 saturated heterocycles. The summed E-state index contributed by atoms with van der Waals surface area (Å²) in [7, 11) is 0. The Kier molecular flexibility index (Phi) is 4.00. The van der Waals surface area contributed by atoms with Crippen molar-refractivity contribution < 1.29 is 4.52 Å². The number of aryl methyl sites for hydroxylation is 2. The topological polar surface area (TPSA) is 75.9 Å². The first kappa shape index (κ1) is 14.1. The van der Waals surface area contributed by atoms with Crippen LogP contribution in [0, 0.1) is 13.8 Å². The van der Waals surface area contributed by atoms with Gasteiger partial charge in [-0.05, 0) is 31.0 Å². The predicted molar refractivity (Wildman–Crippen MR) is 85.1 cm³/mol. The highest BCUT2D eigenvalue weighted by atomic mass is 16.5. The summed E-state index contributed by atoms with van der Waals surface area (Å²) in [5.74, 6) is 2.55. The highest BCUT2D eigenvalue weighted by molar-refractivity contribution is 5.50. The average molecular weight is 295 g/mol. The Morgan fingerprint density at radius 1 is 1.09 bits per heavy atom. The third-order valence-corrected chi connectivity index (χ3v) is 3.24. The number of benzene rings is 1. The van der Waals surface area contributed by atoms with E-state index in [-0.39, 0.29) is 0 Å². The molecule has 2 N–H and O–H groups in total. The predicted octanol–water partition coefficient (Wildman–Crippen LogP) is 3.44. The Bertz CT molecular complexity index is 768. The maximum atomic E-state index is 5.00. The maximum Gasteiger partial charge on any atom is 0.230 e. The monoisotopic (exact) mass is 295 g/mol. The van der Waals surface area contributed by atoms with Crippen LogP contribution in [0.2, 0.25) is 0 Å². The number of rotatable bonds is 5. The van der Waals surface area contributed by atoms with Crippen LogP contribution in [0.1, 0.15) is 16.9 Å². The Morgan fingerprint density at radius 2 is 1.95 bits per heavy atom. The van der Waals surface area contributed by atoms with E-state index in [9.17, 15) is 0 Å². The normalized spacial score (nSPS) is 10.5. The molecule has 0 spiro atoms. The first-order chi connectivity index (χ1) is 10.7. The molecule has 2 heterocycles. The lowest BCUT2D eigenvalue weighted by atomic mass is 10.1. The van der Waals surface area contributed by atoms with Crippen LogP contribution in [0.5, 0.6) is 0 Å². The number of hydrogen-bond acceptors (Lipinski definition) is 6. The number of hydrogen-bond donors (Lipinski definition) is 2. The van der Waals surface area contributed by atoms with E-state index >= 15 is 0 Å². The summed E-state index contributed by atoms with van der Waals surface area (Å²) in [6.07, 6.45) is 1.70. The van der Waals surface area contributed by atoms with Crippen LogP contribution in [0.25, 0.3) is 0 Å². The lowest BCUT2D eigenvalue weighted by Gasteiger charge is -2.09. The van der Waals surface area contributed by atoms with E-state index in [0.29, 0.717) is 18.3 Å². The molecule has 0 fully saturated rings. The molecule has 0 aliphatic heterocycles. The van der Waals surface area contributed by atoms with Crippen molar-refractivity contribution >= 4 is 17.6 Å². The molecule has 6 heteroatoms. The van der Waals surface area contributed by atoms with E-state index in [4.69, 9.17) is 4.52 Å². The van der Waals surface area contributed by atoms with Gasteiger partial charge in [0.15, 0.2) is 5.82 Å². The van der Waals surface area contributed by atoms with Crippen LogP contribution in [0.15, 0.2) is 47.1 Å². The molecule has 0 saturated carbocycles. The third-order valence-electron chi connectivity index (χ3n) is 3.24. The molecule has 0 bridgehead atoms. The molecule has 3 rings (SSSR count). The molecule has 112 valence electrons. The highest BCUT2D eigenvalue weighted by Crippen LogP contribution is 2.15. The smallest absolute Gasteiger partial charge is 0.230 e. The Morgan fingerprint density at radius 3 is 2.73 bits per heavy atom. The molecule has 1 aromatic carbocycles. The molecule has 0 aliphatic rings. The maximum absolute atomic E-state index is 5.00. The van der Waals surface area contributed by atoms with E-state index in [1.807, 2.05) is 25.1 Å². The molecule has 0 unspecified atom stereocenters. The zero-order valence-electron chi connectivity index (χ0n) is 12.5. The van der Waals surface area contributed by atoms with Gasteiger partial charge in [-0.1, -0.05) is 29.4 Å². The zero-order chi connectivity index (χ0) is 15.4. The molecule has 0 amide bonds. The molecule has 0 radical (unpaired) electrons. The highest BCUT2D eigenvalue weighted by Gasteiger charge is 2.04. The van der Waals surface area contributed by atoms with Crippen molar-refractivity contribution in [3.05, 3.63) is 59.5 Å². The van der Waals surface area contributed by atoms with Crippen molar-refractivity contribution in [2.24, 2.45) is 0 Å². The van der Waals surface area contributed by atoms with Crippen molar-refractivity contribution in [2.45, 2.75) is 20.4 Å². The standard InChI is InChI=1S/C16H17N5O/c1-11-5-3-4-6-13(11)10-18-14-7-8-17-16(19-14)20-15-9-12(2)22-21-15/h3-9H,10H2,1-2H3,(H2,17,18,19,20,21). The van der Waals surface area contributed by atoms with Crippen molar-refractivity contribution in [2.75, 3.05) is 10.6 Å². The summed E-state index contributed by atoms with van der Waals surface area (Å²) in [4.78, 5) is 8.58. The molecule has 6 nitrogen and oxygen atoms in total. The van der Waals surface area contributed by atoms with E-state index < -0.39 is 0 Å². The largest absolute Gasteiger partial charge is 0.366 e. The Labute approximate surface area is 128 Å². The van der Waals surface area contributed by atoms with E-state index in [1.54, 1.807) is 12.3 Å². The van der Waals surface area contributed by atoms with Crippen LogP contribution in [0.3, 0.4) is 0 Å². The quantitative estimate of drug-likeness (QED) is 0.751. The molecule has 2 aromatic heterocycles. The summed E-state index contributed by atoms with van der Waals surface area (Å²) in [6.45, 7) is 4.64. The van der Waals surface area contributed by atoms with Gasteiger partial charge in [0.25, 0.3) is 0 Å². The van der Waals surface area contributed by atoms with Crippen molar-refractivity contribution in [1.82, 2.24) is 15.1 Å². The summed E-state index contributed by atoms with van der Waals surface area (Å²) in [6, 6.07) is 11.9. The van der Waals surface area contributed by atoms with Crippen LogP contribution < -0.4 is 10.6 Å². The van der Waals surface area contributed by atoms with Gasteiger partial charge in [-0.25, -0.2) is 4.98 Å². The van der Waals surface area contributed by atoms with Gasteiger partial charge in [-0.15, -0.1) is 0 Å². The molecule has 3 aromatic rings. The third kappa shape index (κ3) is 3.41. The van der Waals surface area contributed by atoms with Crippen molar-refractivity contribution in [3.8, 4) is 0 Å². The summed E-state index contributed by atoms with van der Waals surface area (Å²) in [5.41, 5.74) is 2.49. The van der Waals surface area contributed by atoms with Gasteiger partial charge >= 0.3 is 0 Å². The summed E-state index contributed by atoms with van der Waals surface area (Å²) in [5, 5.41) is 10.2. The summed E-state index contributed by atoms with van der Waals surface area (Å²) < 4.78 is 5.00. The van der Waals surface area contributed by atoms with Gasteiger partial charge in [0.1, 0.15) is 11.6 Å². The van der Waals surface area contributed by atoms with Gasteiger partial charge in [-0.3, -0.25) is 0 Å². The number of nitrogens with zero attached hydrogens (tertiary/aromatic N) is 3. The van der Waals surface area contributed by atoms with E-state index in [0.717, 1.165) is 11.6 Å². The van der Waals surface area contributed by atoms with Crippen molar-refractivity contribution in [3.63, 3.8) is 0 Å². The van der Waals surface area contributed by atoms with Gasteiger partial charge in [0.05, 0.1) is 0 Å². The minimum atomic E-state index is 0.475. The fraction of sp³-hybridized carbons (Fsp3) is 0.188. The van der Waals surface area contributed by atoms with Gasteiger partial charge in [0, 0.05) is 18.8 Å². The number of anilines is 3. The summed E-state index contributed by atoms with van der Waals surface area (Å²) >= 11 is 0. The van der Waals surface area contributed by atoms with Crippen molar-refractivity contribution in [1.29, 1.82) is 0 Å². The van der Waals surface area contributed by atoms with Crippen LogP contribution >= 0.6 is 0 Å². The minimum Gasteiger partial charge on any atom is -0.366 e. The van der Waals surface area contributed by atoms with Gasteiger partial charge < -0.3 is 15.2 Å². The second-order valence-electron chi connectivity index (χ2n) is 4.99. The van der Waals surface area contributed by atoms with Gasteiger partial charge in [-0.2, -0.15) is 4.98 Å². The lowest BCUT2D eigenvalue weighted by molar-refractivity contribution is 0.400. The van der Waals surface area contributed by atoms with Crippen LogP contribution in [-0.2, 0) is 6.54 Å². The minimum absolute atomic E-state index is 0.475. The Balaban J connectivity index is 1.67. The van der Waals surface area contributed by atoms with Crippen LogP contribution in [-0.4, -0.2) is 15.1 Å². The SMILES string of the molecule is Cc1cc(Nc2nccc(NCc3ccccc3C)n2)no1. The van der Waals surface area contributed by atoms with E-state index in [1.165, 1.54) is 11.1 Å². The second kappa shape index (κ2) is 6.26. The van der Waals surface area contributed by atoms with E-state index in [2.05, 4.69) is 44.8 Å². The second-order valence-corrected chi connectivity index (χ2v) is 4.99. The average Bonchev–Trinajstić information content (AvgIpc) is 2.92. The first-order valence-electron chi connectivity index (χ1n) is 7.02. The molecular weight excluding hydrogens is 278 g/mol. The fourth-order valence-electron chi connectivity index (χ4n) is 2.05. The van der Waals surface area contributed by atoms with Gasteiger partial charge in [0.2, 0.25) is 5.95 Å². The molecule has 22 heavy (non-hydrogen) atoms. The van der Waals surface area contributed by atoms with Crippen LogP contribution in [0.4, 0.5) is 17.6 Å². The molecule has 0 aliphatic carbocycles. The molecular formula is C16H17N5O. The molecule has 0 atom stereocenters. The zero-order valence-corrected chi connectivity index (χ0v) is 12.5. The number of aromatic nitrogens is 3.